The van der Waals surface area contributed by atoms with E-state index >= 15 is 0 Å². The van der Waals surface area contributed by atoms with Gasteiger partial charge in [0.1, 0.15) is 5.75 Å². The molecule has 0 aliphatic rings. The van der Waals surface area contributed by atoms with Gasteiger partial charge in [0.05, 0.1) is 12.1 Å². The van der Waals surface area contributed by atoms with Gasteiger partial charge in [-0.2, -0.15) is 0 Å². The predicted octanol–water partition coefficient (Wildman–Crippen LogP) is 2.70. The van der Waals surface area contributed by atoms with Crippen molar-refractivity contribution in [3.05, 3.63) is 51.9 Å². The molecule has 0 spiro atoms. The Bertz CT molecular complexity index is 543. The van der Waals surface area contributed by atoms with Gasteiger partial charge in [0.15, 0.2) is 0 Å². The standard InChI is InChI=1S/C12H10ClNO2/c1-16-11-4-2-8(6-10(11)13)9-3-5-12(15)14-7-9/h2-7H,1H3,(H,14,15). The summed E-state index contributed by atoms with van der Waals surface area (Å²) in [4.78, 5) is 13.5. The van der Waals surface area contributed by atoms with E-state index in [2.05, 4.69) is 4.98 Å². The zero-order valence-corrected chi connectivity index (χ0v) is 9.41. The van der Waals surface area contributed by atoms with Crippen molar-refractivity contribution in [1.82, 2.24) is 4.98 Å². The highest BCUT2D eigenvalue weighted by Gasteiger charge is 2.03. The van der Waals surface area contributed by atoms with E-state index in [4.69, 9.17) is 16.3 Å². The van der Waals surface area contributed by atoms with Crippen LogP contribution in [0.25, 0.3) is 11.1 Å². The highest BCUT2D eigenvalue weighted by Crippen LogP contribution is 2.29. The Kier molecular flexibility index (Phi) is 2.97. The van der Waals surface area contributed by atoms with Crippen LogP contribution in [-0.2, 0) is 0 Å². The summed E-state index contributed by atoms with van der Waals surface area (Å²) in [6, 6.07) is 8.71. The summed E-state index contributed by atoms with van der Waals surface area (Å²) in [7, 11) is 1.57. The lowest BCUT2D eigenvalue weighted by Crippen LogP contribution is -2.01. The molecule has 0 atom stereocenters. The summed E-state index contributed by atoms with van der Waals surface area (Å²) in [5.74, 6) is 0.634. The Morgan fingerprint density at radius 2 is 1.94 bits per heavy atom. The molecule has 0 amide bonds. The van der Waals surface area contributed by atoms with Crippen LogP contribution in [0.2, 0.25) is 5.02 Å². The average Bonchev–Trinajstić information content (AvgIpc) is 2.30. The van der Waals surface area contributed by atoms with Crippen molar-refractivity contribution in [3.63, 3.8) is 0 Å². The highest BCUT2D eigenvalue weighted by atomic mass is 35.5. The molecule has 2 aromatic rings. The van der Waals surface area contributed by atoms with Crippen LogP contribution >= 0.6 is 11.6 Å². The minimum Gasteiger partial charge on any atom is -0.495 e. The van der Waals surface area contributed by atoms with Gasteiger partial charge < -0.3 is 9.72 Å². The number of methoxy groups -OCH3 is 1. The topological polar surface area (TPSA) is 42.1 Å². The molecule has 0 unspecified atom stereocenters. The van der Waals surface area contributed by atoms with Crippen molar-refractivity contribution in [1.29, 1.82) is 0 Å². The number of nitrogens with one attached hydrogen (secondary N) is 1. The first-order valence-electron chi connectivity index (χ1n) is 4.73. The van der Waals surface area contributed by atoms with Crippen molar-refractivity contribution >= 4 is 11.6 Å². The summed E-state index contributed by atoms with van der Waals surface area (Å²) in [6.45, 7) is 0. The van der Waals surface area contributed by atoms with Crippen molar-refractivity contribution in [2.45, 2.75) is 0 Å². The molecule has 1 aromatic heterocycles. The fourth-order valence-corrected chi connectivity index (χ4v) is 1.69. The second kappa shape index (κ2) is 4.41. The lowest BCUT2D eigenvalue weighted by Gasteiger charge is -2.05. The molecule has 0 saturated heterocycles. The Morgan fingerprint density at radius 3 is 2.50 bits per heavy atom. The SMILES string of the molecule is COc1ccc(-c2ccc(=O)[nH]c2)cc1Cl. The van der Waals surface area contributed by atoms with Gasteiger partial charge in [-0.25, -0.2) is 0 Å². The molecule has 16 heavy (non-hydrogen) atoms. The normalized spacial score (nSPS) is 10.1. The van der Waals surface area contributed by atoms with Crippen LogP contribution in [0, 0.1) is 0 Å². The fourth-order valence-electron chi connectivity index (χ4n) is 1.44. The third-order valence-corrected chi connectivity index (χ3v) is 2.56. The Morgan fingerprint density at radius 1 is 1.19 bits per heavy atom. The van der Waals surface area contributed by atoms with E-state index in [0.717, 1.165) is 11.1 Å². The molecule has 82 valence electrons. The van der Waals surface area contributed by atoms with Crippen molar-refractivity contribution in [2.24, 2.45) is 0 Å². The molecule has 0 bridgehead atoms. The van der Waals surface area contributed by atoms with Crippen LogP contribution in [0.15, 0.2) is 41.3 Å². The number of ether oxygens (including phenoxy) is 1. The Hall–Kier alpha value is -1.74. The number of halogens is 1. The van der Waals surface area contributed by atoms with Gasteiger partial charge in [-0.1, -0.05) is 17.7 Å². The maximum Gasteiger partial charge on any atom is 0.247 e. The highest BCUT2D eigenvalue weighted by molar-refractivity contribution is 6.32. The first kappa shape index (κ1) is 10.8. The number of hydrogen-bond donors (Lipinski definition) is 1. The lowest BCUT2D eigenvalue weighted by molar-refractivity contribution is 0.415. The van der Waals surface area contributed by atoms with E-state index in [-0.39, 0.29) is 5.56 Å². The first-order valence-corrected chi connectivity index (χ1v) is 5.11. The monoisotopic (exact) mass is 235 g/mol. The van der Waals surface area contributed by atoms with Gasteiger partial charge in [-0.3, -0.25) is 4.79 Å². The zero-order chi connectivity index (χ0) is 11.5. The zero-order valence-electron chi connectivity index (χ0n) is 8.66. The molecule has 4 heteroatoms. The van der Waals surface area contributed by atoms with E-state index in [1.165, 1.54) is 6.07 Å². The Balaban J connectivity index is 2.45. The number of hydrogen-bond acceptors (Lipinski definition) is 2. The summed E-state index contributed by atoms with van der Waals surface area (Å²) in [6.07, 6.45) is 1.65. The molecular formula is C12H10ClNO2. The number of benzene rings is 1. The molecule has 3 nitrogen and oxygen atoms in total. The summed E-state index contributed by atoms with van der Waals surface area (Å²) >= 11 is 6.01. The fraction of sp³-hybridized carbons (Fsp3) is 0.0833. The van der Waals surface area contributed by atoms with Gasteiger partial charge >= 0.3 is 0 Å². The number of pyridine rings is 1. The molecule has 0 aliphatic carbocycles. The van der Waals surface area contributed by atoms with Crippen LogP contribution in [0.1, 0.15) is 0 Å². The van der Waals surface area contributed by atoms with Crippen LogP contribution in [0.3, 0.4) is 0 Å². The van der Waals surface area contributed by atoms with E-state index in [1.54, 1.807) is 31.5 Å². The second-order valence-corrected chi connectivity index (χ2v) is 3.70. The Labute approximate surface area is 97.7 Å². The van der Waals surface area contributed by atoms with Gasteiger partial charge in [0.25, 0.3) is 0 Å². The summed E-state index contributed by atoms with van der Waals surface area (Å²) < 4.78 is 5.07. The average molecular weight is 236 g/mol. The number of H-pyrrole nitrogens is 1. The van der Waals surface area contributed by atoms with Crippen molar-refractivity contribution in [3.8, 4) is 16.9 Å². The van der Waals surface area contributed by atoms with Gasteiger partial charge in [-0.15, -0.1) is 0 Å². The maximum absolute atomic E-state index is 10.9. The summed E-state index contributed by atoms with van der Waals surface area (Å²) in [5.41, 5.74) is 1.72. The third-order valence-electron chi connectivity index (χ3n) is 2.27. The van der Waals surface area contributed by atoms with Gasteiger partial charge in [-0.05, 0) is 29.3 Å². The van der Waals surface area contributed by atoms with E-state index in [0.29, 0.717) is 10.8 Å². The second-order valence-electron chi connectivity index (χ2n) is 3.29. The molecule has 1 heterocycles. The molecule has 2 rings (SSSR count). The van der Waals surface area contributed by atoms with E-state index < -0.39 is 0 Å². The van der Waals surface area contributed by atoms with Gasteiger partial charge in [0.2, 0.25) is 5.56 Å². The van der Waals surface area contributed by atoms with Crippen LogP contribution < -0.4 is 10.3 Å². The number of rotatable bonds is 2. The van der Waals surface area contributed by atoms with Crippen LogP contribution in [0.4, 0.5) is 0 Å². The minimum absolute atomic E-state index is 0.122. The van der Waals surface area contributed by atoms with Crippen molar-refractivity contribution in [2.75, 3.05) is 7.11 Å². The molecule has 0 fully saturated rings. The van der Waals surface area contributed by atoms with Crippen LogP contribution in [-0.4, -0.2) is 12.1 Å². The van der Waals surface area contributed by atoms with Gasteiger partial charge in [0, 0.05) is 12.3 Å². The number of aromatic nitrogens is 1. The molecule has 0 radical (unpaired) electrons. The molecule has 1 N–H and O–H groups in total. The smallest absolute Gasteiger partial charge is 0.247 e. The lowest BCUT2D eigenvalue weighted by atomic mass is 10.1. The quantitative estimate of drug-likeness (QED) is 0.870. The maximum atomic E-state index is 10.9. The molecule has 0 saturated carbocycles. The number of aromatic amines is 1. The molecule has 0 aliphatic heterocycles. The molecular weight excluding hydrogens is 226 g/mol. The minimum atomic E-state index is -0.122. The largest absolute Gasteiger partial charge is 0.495 e. The molecule has 1 aromatic carbocycles. The first-order chi connectivity index (χ1) is 7.70. The van der Waals surface area contributed by atoms with E-state index in [1.807, 2.05) is 6.07 Å². The van der Waals surface area contributed by atoms with E-state index in [9.17, 15) is 4.79 Å². The predicted molar refractivity (Wildman–Crippen MR) is 64.1 cm³/mol. The van der Waals surface area contributed by atoms with Crippen molar-refractivity contribution < 1.29 is 4.74 Å². The third kappa shape index (κ3) is 2.09. The van der Waals surface area contributed by atoms with Crippen LogP contribution in [0.5, 0.6) is 5.75 Å². The summed E-state index contributed by atoms with van der Waals surface area (Å²) in [5, 5.41) is 0.547.